The third kappa shape index (κ3) is 5.85. The topological polar surface area (TPSA) is 196 Å². The molecule has 3 aromatic carbocycles. The van der Waals surface area contributed by atoms with Gasteiger partial charge in [0.2, 0.25) is 17.5 Å². The molecule has 2 heterocycles. The van der Waals surface area contributed by atoms with Crippen LogP contribution in [-0.2, 0) is 9.53 Å². The van der Waals surface area contributed by atoms with Crippen molar-refractivity contribution in [1.82, 2.24) is 0 Å². The average Bonchev–Trinajstić information content (AvgIpc) is 2.95. The number of fused-ring (bicyclic) bond motifs is 1. The van der Waals surface area contributed by atoms with Gasteiger partial charge in [-0.1, -0.05) is 12.1 Å². The average molecular weight is 564 g/mol. The van der Waals surface area contributed by atoms with Gasteiger partial charge in [0.25, 0.3) is 0 Å². The highest BCUT2D eigenvalue weighted by Gasteiger charge is 2.39. The highest BCUT2D eigenvalue weighted by molar-refractivity contribution is 5.91. The molecule has 0 aliphatic carbocycles. The van der Waals surface area contributed by atoms with E-state index in [2.05, 4.69) is 0 Å². The van der Waals surface area contributed by atoms with Crippen LogP contribution in [0.3, 0.4) is 0 Å². The number of benzene rings is 3. The second kappa shape index (κ2) is 11.3. The van der Waals surface area contributed by atoms with E-state index in [4.69, 9.17) is 18.6 Å². The minimum atomic E-state index is -1.50. The van der Waals surface area contributed by atoms with Crippen LogP contribution in [0.25, 0.3) is 28.4 Å². The molecule has 0 saturated carbocycles. The summed E-state index contributed by atoms with van der Waals surface area (Å²) in [5.74, 6) is -2.23. The van der Waals surface area contributed by atoms with E-state index in [1.165, 1.54) is 48.5 Å². The molecule has 0 bridgehead atoms. The van der Waals surface area contributed by atoms with Gasteiger partial charge < -0.3 is 49.3 Å². The summed E-state index contributed by atoms with van der Waals surface area (Å²) in [5, 5.41) is 59.4. The summed E-state index contributed by atoms with van der Waals surface area (Å²) in [6, 6.07) is 14.1. The number of rotatable bonds is 6. The number of hydrogen-bond donors (Lipinski definition) is 6. The van der Waals surface area contributed by atoms with Gasteiger partial charge in [0.05, 0.1) is 6.61 Å². The van der Waals surface area contributed by atoms with Crippen LogP contribution < -0.4 is 14.9 Å². The molecular weight excluding hydrogens is 540 g/mol. The van der Waals surface area contributed by atoms with Gasteiger partial charge in [-0.15, -0.1) is 0 Å². The van der Waals surface area contributed by atoms with Crippen molar-refractivity contribution in [3.05, 3.63) is 82.5 Å². The molecule has 1 saturated heterocycles. The molecule has 41 heavy (non-hydrogen) atoms. The highest BCUT2D eigenvalue weighted by atomic mass is 16.7. The number of aliphatic hydroxyl groups excluding tert-OH is 3. The molecule has 0 amide bonds. The van der Waals surface area contributed by atoms with E-state index in [1.807, 2.05) is 0 Å². The molecule has 1 fully saturated rings. The Morgan fingerprint density at radius 3 is 2.32 bits per heavy atom. The Balaban J connectivity index is 1.38. The number of aromatic hydroxyl groups is 3. The molecule has 0 spiro atoms. The molecule has 1 aromatic heterocycles. The molecule has 5 rings (SSSR count). The van der Waals surface area contributed by atoms with Crippen molar-refractivity contribution in [2.75, 3.05) is 6.61 Å². The number of phenols is 2. The third-order valence-corrected chi connectivity index (χ3v) is 6.27. The standard InChI is InChI=1S/C29H24O12/c30-16-6-1-14(2-7-16)3-10-22(33)39-18-11-19(31)23-21(12-18)41-28(26(36)25(23)35)15-4-8-17(9-5-15)40-29-27(37)24(34)20(32)13-38-29/h1-12,20,24,27,29-32,34,36-37H,13H2/b10-3+/t20-,24-,27+,29-/m1/s1. The van der Waals surface area contributed by atoms with Crippen LogP contribution >= 0.6 is 0 Å². The first-order chi connectivity index (χ1) is 19.6. The number of ether oxygens (including phenoxy) is 3. The third-order valence-electron chi connectivity index (χ3n) is 6.27. The van der Waals surface area contributed by atoms with Gasteiger partial charge in [-0.05, 0) is 48.0 Å². The molecule has 0 radical (unpaired) electrons. The van der Waals surface area contributed by atoms with Crippen molar-refractivity contribution in [1.29, 1.82) is 0 Å². The van der Waals surface area contributed by atoms with E-state index in [9.17, 15) is 40.2 Å². The van der Waals surface area contributed by atoms with Gasteiger partial charge in [-0.25, -0.2) is 4.79 Å². The zero-order valence-corrected chi connectivity index (χ0v) is 21.1. The predicted molar refractivity (Wildman–Crippen MR) is 142 cm³/mol. The molecule has 0 unspecified atom stereocenters. The molecule has 4 aromatic rings. The Morgan fingerprint density at radius 2 is 1.61 bits per heavy atom. The molecule has 212 valence electrons. The van der Waals surface area contributed by atoms with Crippen LogP contribution in [0.1, 0.15) is 5.56 Å². The Morgan fingerprint density at radius 1 is 0.902 bits per heavy atom. The lowest BCUT2D eigenvalue weighted by Gasteiger charge is -2.34. The Hall–Kier alpha value is -4.88. The van der Waals surface area contributed by atoms with E-state index in [-0.39, 0.29) is 46.1 Å². The number of aliphatic hydroxyl groups is 3. The van der Waals surface area contributed by atoms with Crippen molar-refractivity contribution in [3.63, 3.8) is 0 Å². The van der Waals surface area contributed by atoms with Crippen LogP contribution in [0.2, 0.25) is 0 Å². The fourth-order valence-electron chi connectivity index (χ4n) is 4.12. The fourth-order valence-corrected chi connectivity index (χ4v) is 4.12. The maximum atomic E-state index is 12.9. The smallest absolute Gasteiger partial charge is 0.336 e. The number of carbonyl (C=O) groups excluding carboxylic acids is 1. The van der Waals surface area contributed by atoms with Gasteiger partial charge >= 0.3 is 5.97 Å². The number of esters is 1. The fraction of sp³-hybridized carbons (Fsp3) is 0.172. The van der Waals surface area contributed by atoms with E-state index in [0.29, 0.717) is 5.56 Å². The first-order valence-corrected chi connectivity index (χ1v) is 12.3. The van der Waals surface area contributed by atoms with Gasteiger partial charge in [0.15, 0.2) is 5.76 Å². The number of phenolic OH excluding ortho intramolecular Hbond substituents is 2. The van der Waals surface area contributed by atoms with Crippen LogP contribution in [-0.4, -0.2) is 67.8 Å². The molecule has 4 atom stereocenters. The van der Waals surface area contributed by atoms with Crippen LogP contribution in [0, 0.1) is 0 Å². The maximum Gasteiger partial charge on any atom is 0.336 e. The van der Waals surface area contributed by atoms with Crippen LogP contribution in [0.15, 0.2) is 76.0 Å². The first-order valence-electron chi connectivity index (χ1n) is 12.3. The maximum absolute atomic E-state index is 12.9. The monoisotopic (exact) mass is 564 g/mol. The van der Waals surface area contributed by atoms with Crippen molar-refractivity contribution in [3.8, 4) is 40.1 Å². The Kier molecular flexibility index (Phi) is 7.64. The zero-order valence-electron chi connectivity index (χ0n) is 21.1. The molecule has 6 N–H and O–H groups in total. The molecular formula is C29H24O12. The second-order valence-corrected chi connectivity index (χ2v) is 9.16. The Bertz CT molecular complexity index is 1660. The molecule has 1 aliphatic heterocycles. The summed E-state index contributed by atoms with van der Waals surface area (Å²) in [7, 11) is 0. The molecule has 12 heteroatoms. The van der Waals surface area contributed by atoms with Gasteiger partial charge in [-0.3, -0.25) is 4.79 Å². The highest BCUT2D eigenvalue weighted by Crippen LogP contribution is 2.36. The normalized spacial score (nSPS) is 20.8. The summed E-state index contributed by atoms with van der Waals surface area (Å²) >= 11 is 0. The van der Waals surface area contributed by atoms with Crippen molar-refractivity contribution >= 4 is 23.0 Å². The van der Waals surface area contributed by atoms with Crippen molar-refractivity contribution < 1.29 is 54.1 Å². The lowest BCUT2D eigenvalue weighted by atomic mass is 10.1. The quantitative estimate of drug-likeness (QED) is 0.113. The summed E-state index contributed by atoms with van der Waals surface area (Å²) in [6.07, 6.45) is -2.86. The largest absolute Gasteiger partial charge is 0.508 e. The zero-order chi connectivity index (χ0) is 29.3. The SMILES string of the molecule is O=C(/C=C/c1ccc(O)cc1)Oc1cc(O)c2c(=O)c(O)c(-c3ccc(O[C@H]4OC[C@@H](O)[C@@H](O)[C@@H]4O)cc3)oc2c1. The summed E-state index contributed by atoms with van der Waals surface area (Å²) in [4.78, 5) is 25.2. The van der Waals surface area contributed by atoms with Gasteiger partial charge in [0.1, 0.15) is 52.3 Å². The van der Waals surface area contributed by atoms with Crippen LogP contribution in [0.4, 0.5) is 0 Å². The molecule has 12 nitrogen and oxygen atoms in total. The van der Waals surface area contributed by atoms with E-state index >= 15 is 0 Å². The van der Waals surface area contributed by atoms with E-state index in [0.717, 1.165) is 12.1 Å². The Labute approximate surface area is 231 Å². The minimum absolute atomic E-state index is 0.0729. The number of hydrogen-bond acceptors (Lipinski definition) is 12. The van der Waals surface area contributed by atoms with Crippen LogP contribution in [0.5, 0.6) is 28.7 Å². The van der Waals surface area contributed by atoms with Gasteiger partial charge in [-0.2, -0.15) is 0 Å². The summed E-state index contributed by atoms with van der Waals surface area (Å²) in [6.45, 7) is -0.240. The minimum Gasteiger partial charge on any atom is -0.508 e. The lowest BCUT2D eigenvalue weighted by Crippen LogP contribution is -2.54. The molecule has 1 aliphatic rings. The number of carbonyl (C=O) groups is 1. The first kappa shape index (κ1) is 27.7. The van der Waals surface area contributed by atoms with Crippen molar-refractivity contribution in [2.24, 2.45) is 0 Å². The summed E-state index contributed by atoms with van der Waals surface area (Å²) in [5.41, 5.74) is -0.217. The summed E-state index contributed by atoms with van der Waals surface area (Å²) < 4.78 is 21.7. The van der Waals surface area contributed by atoms with E-state index < -0.39 is 47.5 Å². The van der Waals surface area contributed by atoms with Gasteiger partial charge in [0, 0.05) is 23.8 Å². The van der Waals surface area contributed by atoms with Crippen molar-refractivity contribution in [2.45, 2.75) is 24.6 Å². The predicted octanol–water partition coefficient (Wildman–Crippen LogP) is 2.01. The second-order valence-electron chi connectivity index (χ2n) is 9.16. The lowest BCUT2D eigenvalue weighted by molar-refractivity contribution is -0.242. The van der Waals surface area contributed by atoms with E-state index in [1.54, 1.807) is 12.1 Å².